The summed E-state index contributed by atoms with van der Waals surface area (Å²) in [7, 11) is 1.68. The van der Waals surface area contributed by atoms with E-state index in [-0.39, 0.29) is 42.2 Å². The van der Waals surface area contributed by atoms with Crippen LogP contribution in [0.4, 0.5) is 15.0 Å². The van der Waals surface area contributed by atoms with Crippen LogP contribution in [0.25, 0.3) is 0 Å². The van der Waals surface area contributed by atoms with Gasteiger partial charge < -0.3 is 19.4 Å². The highest BCUT2D eigenvalue weighted by Crippen LogP contribution is 2.34. The zero-order valence-corrected chi connectivity index (χ0v) is 21.8. The van der Waals surface area contributed by atoms with Crippen molar-refractivity contribution in [3.8, 4) is 6.07 Å². The fourth-order valence-electron chi connectivity index (χ4n) is 5.28. The van der Waals surface area contributed by atoms with Gasteiger partial charge in [0.05, 0.1) is 30.3 Å². The largest absolute Gasteiger partial charge is 0.449 e. The van der Waals surface area contributed by atoms with Gasteiger partial charge in [-0.05, 0) is 37.0 Å². The maximum atomic E-state index is 13.6. The molecule has 0 saturated carbocycles. The number of aromatic nitrogens is 1. The van der Waals surface area contributed by atoms with Gasteiger partial charge in [-0.25, -0.2) is 9.78 Å². The molecule has 0 aromatic carbocycles. The minimum atomic E-state index is -0.539. The van der Waals surface area contributed by atoms with Gasteiger partial charge in [0.1, 0.15) is 11.9 Å². The Morgan fingerprint density at radius 3 is 2.70 bits per heavy atom. The lowest BCUT2D eigenvalue weighted by molar-refractivity contribution is -0.135. The smallest absolute Gasteiger partial charge is 0.409 e. The van der Waals surface area contributed by atoms with E-state index in [2.05, 4.69) is 22.0 Å². The van der Waals surface area contributed by atoms with Crippen LogP contribution in [-0.4, -0.2) is 84.7 Å². The zero-order chi connectivity index (χ0) is 26.4. The number of halogens is 2. The van der Waals surface area contributed by atoms with Crippen LogP contribution < -0.4 is 4.90 Å². The molecule has 8 nitrogen and oxygen atoms in total. The standard InChI is InChI=1S/C27H33ClFN5O3/c1-32(27(36)37-14-2-11-29)24-18-34(17-23(24)20-4-6-22(28)7-5-20)26(35)21-9-12-33(13-10-21)25-8-3-19(15-30)16-31-25/h3-6,8,16,21-24H,2,7,9-14,17-18H2,1H3/t22?,23-,24+/m0/s1. The molecule has 2 saturated heterocycles. The summed E-state index contributed by atoms with van der Waals surface area (Å²) >= 11 is 6.23. The number of piperidine rings is 1. The number of likely N-dealkylation sites (N-methyl/N-ethyl adjacent to an activating group) is 1. The highest BCUT2D eigenvalue weighted by atomic mass is 35.5. The number of carbonyl (C=O) groups excluding carboxylic acids is 2. The van der Waals surface area contributed by atoms with Crippen LogP contribution in [0.5, 0.6) is 0 Å². The Kier molecular flexibility index (Phi) is 9.04. The zero-order valence-electron chi connectivity index (χ0n) is 21.1. The molecule has 4 rings (SSSR count). The fourth-order valence-corrected chi connectivity index (χ4v) is 5.44. The van der Waals surface area contributed by atoms with E-state index in [0.717, 1.165) is 11.4 Å². The van der Waals surface area contributed by atoms with E-state index >= 15 is 0 Å². The summed E-state index contributed by atoms with van der Waals surface area (Å²) in [6, 6.07) is 5.43. The van der Waals surface area contributed by atoms with Crippen LogP contribution in [0.3, 0.4) is 0 Å². The Morgan fingerprint density at radius 2 is 2.08 bits per heavy atom. The predicted octanol–water partition coefficient (Wildman–Crippen LogP) is 3.92. The lowest BCUT2D eigenvalue weighted by Crippen LogP contribution is -2.45. The van der Waals surface area contributed by atoms with Crippen molar-refractivity contribution in [3.05, 3.63) is 47.7 Å². The van der Waals surface area contributed by atoms with Crippen molar-refractivity contribution in [2.75, 3.05) is 51.4 Å². The number of carbonyl (C=O) groups is 2. The lowest BCUT2D eigenvalue weighted by Gasteiger charge is -2.34. The molecular weight excluding hydrogens is 497 g/mol. The monoisotopic (exact) mass is 529 g/mol. The van der Waals surface area contributed by atoms with Crippen molar-refractivity contribution in [2.45, 2.75) is 37.1 Å². The number of rotatable bonds is 7. The third kappa shape index (κ3) is 6.42. The molecule has 0 spiro atoms. The molecule has 1 unspecified atom stereocenters. The molecule has 2 aliphatic heterocycles. The van der Waals surface area contributed by atoms with Gasteiger partial charge >= 0.3 is 6.09 Å². The molecule has 10 heteroatoms. The first kappa shape index (κ1) is 26.9. The summed E-state index contributed by atoms with van der Waals surface area (Å²) in [5.74, 6) is 0.771. The highest BCUT2D eigenvalue weighted by molar-refractivity contribution is 6.22. The van der Waals surface area contributed by atoms with Gasteiger partial charge in [0.25, 0.3) is 0 Å². The number of nitrogens with zero attached hydrogens (tertiary/aromatic N) is 5. The Morgan fingerprint density at radius 1 is 1.30 bits per heavy atom. The molecule has 1 aromatic heterocycles. The van der Waals surface area contributed by atoms with E-state index in [1.807, 2.05) is 23.1 Å². The van der Waals surface area contributed by atoms with Gasteiger partial charge in [-0.2, -0.15) is 5.26 Å². The number of pyridine rings is 1. The number of amides is 2. The maximum Gasteiger partial charge on any atom is 0.409 e. The SMILES string of the molecule is CN(C(=O)OCCCF)[C@@H]1CN(C(=O)C2CCN(c3ccc(C#N)cn3)CC2)C[C@H]1C1=CCC(Cl)C=C1. The van der Waals surface area contributed by atoms with E-state index in [0.29, 0.717) is 51.0 Å². The van der Waals surface area contributed by atoms with Crippen molar-refractivity contribution in [1.29, 1.82) is 5.26 Å². The topological polar surface area (TPSA) is 89.8 Å². The van der Waals surface area contributed by atoms with Gasteiger partial charge in [0.15, 0.2) is 0 Å². The molecular formula is C27H33ClFN5O3. The molecule has 1 aromatic rings. The molecule has 3 heterocycles. The quantitative estimate of drug-likeness (QED) is 0.393. The van der Waals surface area contributed by atoms with Crippen molar-refractivity contribution < 1.29 is 18.7 Å². The summed E-state index contributed by atoms with van der Waals surface area (Å²) < 4.78 is 17.7. The second-order valence-corrected chi connectivity index (χ2v) is 10.3. The fraction of sp³-hybridized carbons (Fsp3) is 0.556. The van der Waals surface area contributed by atoms with E-state index in [1.54, 1.807) is 24.2 Å². The number of allylic oxidation sites excluding steroid dienone is 3. The van der Waals surface area contributed by atoms with Crippen LogP contribution >= 0.6 is 11.6 Å². The molecule has 37 heavy (non-hydrogen) atoms. The van der Waals surface area contributed by atoms with Crippen molar-refractivity contribution >= 4 is 29.4 Å². The number of hydrogen-bond donors (Lipinski definition) is 0. The molecule has 198 valence electrons. The van der Waals surface area contributed by atoms with Crippen molar-refractivity contribution in [1.82, 2.24) is 14.8 Å². The summed E-state index contributed by atoms with van der Waals surface area (Å²) in [4.78, 5) is 36.2. The maximum absolute atomic E-state index is 13.6. The lowest BCUT2D eigenvalue weighted by atomic mass is 9.89. The van der Waals surface area contributed by atoms with Crippen LogP contribution in [0.2, 0.25) is 0 Å². The molecule has 3 atom stereocenters. The third-order valence-corrected chi connectivity index (χ3v) is 7.76. The van der Waals surface area contributed by atoms with Gasteiger partial charge in [0, 0.05) is 57.7 Å². The molecule has 2 fully saturated rings. The van der Waals surface area contributed by atoms with Crippen LogP contribution in [0.15, 0.2) is 42.1 Å². The van der Waals surface area contributed by atoms with Gasteiger partial charge in [-0.1, -0.05) is 18.2 Å². The summed E-state index contributed by atoms with van der Waals surface area (Å²) in [5.41, 5.74) is 1.59. The van der Waals surface area contributed by atoms with Gasteiger partial charge in [-0.15, -0.1) is 11.6 Å². The summed E-state index contributed by atoms with van der Waals surface area (Å²) in [6.45, 7) is 1.85. The number of alkyl halides is 2. The van der Waals surface area contributed by atoms with Crippen LogP contribution in [0, 0.1) is 23.2 Å². The van der Waals surface area contributed by atoms with Gasteiger partial charge in [-0.3, -0.25) is 9.18 Å². The third-order valence-electron chi connectivity index (χ3n) is 7.44. The van der Waals surface area contributed by atoms with Gasteiger partial charge in [0.2, 0.25) is 5.91 Å². The summed E-state index contributed by atoms with van der Waals surface area (Å²) in [5, 5.41) is 8.93. The number of likely N-dealkylation sites (tertiary alicyclic amines) is 1. The Balaban J connectivity index is 1.41. The molecule has 0 N–H and O–H groups in total. The molecule has 0 radical (unpaired) electrons. The Bertz CT molecular complexity index is 1060. The highest BCUT2D eigenvalue weighted by Gasteiger charge is 2.43. The van der Waals surface area contributed by atoms with E-state index in [1.165, 1.54) is 0 Å². The molecule has 0 bridgehead atoms. The Labute approximate surface area is 222 Å². The van der Waals surface area contributed by atoms with Crippen molar-refractivity contribution in [2.24, 2.45) is 11.8 Å². The molecule has 2 amide bonds. The summed E-state index contributed by atoms with van der Waals surface area (Å²) in [6.07, 6.45) is 9.40. The normalized spacial score (nSPS) is 23.9. The van der Waals surface area contributed by atoms with Crippen LogP contribution in [-0.2, 0) is 9.53 Å². The number of nitriles is 1. The second-order valence-electron chi connectivity index (χ2n) is 9.78. The predicted molar refractivity (Wildman–Crippen MR) is 139 cm³/mol. The van der Waals surface area contributed by atoms with Crippen LogP contribution in [0.1, 0.15) is 31.2 Å². The van der Waals surface area contributed by atoms with E-state index < -0.39 is 12.8 Å². The van der Waals surface area contributed by atoms with E-state index in [9.17, 15) is 14.0 Å². The van der Waals surface area contributed by atoms with E-state index in [4.69, 9.17) is 21.6 Å². The Hall–Kier alpha value is -3.12. The first-order valence-corrected chi connectivity index (χ1v) is 13.2. The number of anilines is 1. The average molecular weight is 530 g/mol. The number of hydrogen-bond acceptors (Lipinski definition) is 6. The second kappa shape index (κ2) is 12.4. The molecule has 3 aliphatic rings. The average Bonchev–Trinajstić information content (AvgIpc) is 3.38. The minimum Gasteiger partial charge on any atom is -0.449 e. The van der Waals surface area contributed by atoms with Crippen molar-refractivity contribution in [3.63, 3.8) is 0 Å². The number of ether oxygens (including phenoxy) is 1. The minimum absolute atomic E-state index is 0.0307. The first-order valence-electron chi connectivity index (χ1n) is 12.8. The first-order chi connectivity index (χ1) is 17.9. The molecule has 1 aliphatic carbocycles.